The highest BCUT2D eigenvalue weighted by molar-refractivity contribution is 5.95. The Labute approximate surface area is 182 Å². The van der Waals surface area contributed by atoms with Crippen molar-refractivity contribution in [3.8, 4) is 5.88 Å². The number of nitrogens with two attached hydrogens (primary N) is 1. The number of nitrogens with zero attached hydrogens (tertiary/aromatic N) is 2. The average Bonchev–Trinajstić information content (AvgIpc) is 3.41. The highest BCUT2D eigenvalue weighted by Crippen LogP contribution is 2.34. The standard InChI is InChI=1S/C22H22FN5O4/c1-12-8-9-26-20(29)16(12)18-17(23)22(28(27-18)21(30)15-3-2-10-31-15)32-11-13-4-6-14(7-5-13)19(24)25/h2-7,10,12,16H,8-9,11H2,1H3,(H3,24,25)(H,26,29). The number of aromatic nitrogens is 2. The summed E-state index contributed by atoms with van der Waals surface area (Å²) in [6.07, 6.45) is 1.98. The molecule has 2 unspecified atom stereocenters. The molecule has 1 aromatic carbocycles. The Kier molecular flexibility index (Phi) is 5.76. The van der Waals surface area contributed by atoms with Gasteiger partial charge < -0.3 is 20.2 Å². The largest absolute Gasteiger partial charge is 0.471 e. The summed E-state index contributed by atoms with van der Waals surface area (Å²) in [6.45, 7) is 2.27. The van der Waals surface area contributed by atoms with Crippen LogP contribution < -0.4 is 15.8 Å². The molecule has 4 rings (SSSR count). The van der Waals surface area contributed by atoms with Crippen molar-refractivity contribution >= 4 is 17.6 Å². The molecule has 0 radical (unpaired) electrons. The van der Waals surface area contributed by atoms with E-state index in [0.717, 1.165) is 4.68 Å². The molecular formula is C22H22FN5O4. The van der Waals surface area contributed by atoms with Crippen LogP contribution in [0, 0.1) is 17.1 Å². The lowest BCUT2D eigenvalue weighted by atomic mass is 9.85. The minimum absolute atomic E-state index is 0.0455. The molecule has 2 atom stereocenters. The van der Waals surface area contributed by atoms with Crippen LogP contribution in [0.4, 0.5) is 4.39 Å². The second kappa shape index (κ2) is 8.66. The molecule has 4 N–H and O–H groups in total. The van der Waals surface area contributed by atoms with E-state index in [1.165, 1.54) is 18.4 Å². The monoisotopic (exact) mass is 439 g/mol. The molecule has 1 fully saturated rings. The van der Waals surface area contributed by atoms with Crippen molar-refractivity contribution in [2.45, 2.75) is 25.9 Å². The fourth-order valence-corrected chi connectivity index (χ4v) is 3.65. The Morgan fingerprint density at radius 3 is 2.75 bits per heavy atom. The van der Waals surface area contributed by atoms with E-state index in [-0.39, 0.29) is 35.7 Å². The van der Waals surface area contributed by atoms with Crippen molar-refractivity contribution in [1.82, 2.24) is 15.1 Å². The maximum atomic E-state index is 15.5. The van der Waals surface area contributed by atoms with Crippen molar-refractivity contribution in [3.05, 3.63) is 71.1 Å². The highest BCUT2D eigenvalue weighted by Gasteiger charge is 2.38. The number of hydrogen-bond acceptors (Lipinski definition) is 6. The quantitative estimate of drug-likeness (QED) is 0.399. The lowest BCUT2D eigenvalue weighted by Gasteiger charge is -2.26. The summed E-state index contributed by atoms with van der Waals surface area (Å²) in [4.78, 5) is 25.3. The number of nitrogen functional groups attached to an aromatic ring is 1. The summed E-state index contributed by atoms with van der Waals surface area (Å²) in [6, 6.07) is 9.61. The number of ether oxygens (including phenoxy) is 1. The normalized spacial score (nSPS) is 18.2. The van der Waals surface area contributed by atoms with E-state index in [2.05, 4.69) is 10.4 Å². The molecule has 2 aromatic heterocycles. The van der Waals surface area contributed by atoms with Gasteiger partial charge in [0.15, 0.2) is 5.76 Å². The van der Waals surface area contributed by atoms with Crippen LogP contribution in [-0.2, 0) is 11.4 Å². The Morgan fingerprint density at radius 1 is 1.38 bits per heavy atom. The van der Waals surface area contributed by atoms with Gasteiger partial charge in [-0.1, -0.05) is 31.2 Å². The van der Waals surface area contributed by atoms with Gasteiger partial charge in [-0.2, -0.15) is 14.2 Å². The van der Waals surface area contributed by atoms with Crippen molar-refractivity contribution in [2.24, 2.45) is 11.7 Å². The van der Waals surface area contributed by atoms with Gasteiger partial charge >= 0.3 is 5.91 Å². The van der Waals surface area contributed by atoms with E-state index in [9.17, 15) is 9.59 Å². The molecule has 3 heterocycles. The molecule has 0 spiro atoms. The molecule has 1 saturated heterocycles. The first-order valence-electron chi connectivity index (χ1n) is 10.1. The van der Waals surface area contributed by atoms with Gasteiger partial charge in [-0.3, -0.25) is 15.0 Å². The molecule has 1 amide bonds. The second-order valence-electron chi connectivity index (χ2n) is 7.63. The third kappa shape index (κ3) is 3.98. The summed E-state index contributed by atoms with van der Waals surface area (Å²) >= 11 is 0. The predicted molar refractivity (Wildman–Crippen MR) is 112 cm³/mol. The van der Waals surface area contributed by atoms with Gasteiger partial charge in [0, 0.05) is 12.1 Å². The second-order valence-corrected chi connectivity index (χ2v) is 7.63. The molecule has 0 aliphatic carbocycles. The maximum absolute atomic E-state index is 15.5. The number of amidine groups is 1. The lowest BCUT2D eigenvalue weighted by molar-refractivity contribution is -0.125. The van der Waals surface area contributed by atoms with Gasteiger partial charge in [0.25, 0.3) is 5.88 Å². The zero-order chi connectivity index (χ0) is 22.8. The van der Waals surface area contributed by atoms with E-state index in [4.69, 9.17) is 20.3 Å². The number of nitrogens with one attached hydrogen (secondary N) is 2. The van der Waals surface area contributed by atoms with Crippen LogP contribution in [0.5, 0.6) is 5.88 Å². The number of hydrogen-bond donors (Lipinski definition) is 3. The van der Waals surface area contributed by atoms with Crippen LogP contribution in [0.3, 0.4) is 0 Å². The Morgan fingerprint density at radius 2 is 2.12 bits per heavy atom. The molecule has 9 nitrogen and oxygen atoms in total. The molecule has 32 heavy (non-hydrogen) atoms. The summed E-state index contributed by atoms with van der Waals surface area (Å²) in [7, 11) is 0. The van der Waals surface area contributed by atoms with Gasteiger partial charge in [0.2, 0.25) is 11.7 Å². The van der Waals surface area contributed by atoms with Crippen molar-refractivity contribution in [1.29, 1.82) is 5.41 Å². The fourth-order valence-electron chi connectivity index (χ4n) is 3.65. The molecular weight excluding hydrogens is 417 g/mol. The van der Waals surface area contributed by atoms with Gasteiger partial charge in [-0.05, 0) is 30.0 Å². The summed E-state index contributed by atoms with van der Waals surface area (Å²) in [5.41, 5.74) is 6.52. The maximum Gasteiger partial charge on any atom is 0.317 e. The number of halogens is 1. The Balaban J connectivity index is 1.69. The molecule has 166 valence electrons. The molecule has 3 aromatic rings. The lowest BCUT2D eigenvalue weighted by Crippen LogP contribution is -2.40. The predicted octanol–water partition coefficient (Wildman–Crippen LogP) is 2.41. The SMILES string of the molecule is CC1CCNC(=O)C1c1nn(C(=O)c2ccco2)c(OCc2ccc(C(=N)N)cc2)c1F. The van der Waals surface area contributed by atoms with E-state index in [1.54, 1.807) is 24.3 Å². The van der Waals surface area contributed by atoms with Crippen LogP contribution in [-0.4, -0.2) is 34.0 Å². The number of carbonyl (C=O) groups is 2. The zero-order valence-corrected chi connectivity index (χ0v) is 17.3. The zero-order valence-electron chi connectivity index (χ0n) is 17.3. The first kappa shape index (κ1) is 21.3. The van der Waals surface area contributed by atoms with Crippen LogP contribution in [0.2, 0.25) is 0 Å². The van der Waals surface area contributed by atoms with Crippen molar-refractivity contribution in [3.63, 3.8) is 0 Å². The van der Waals surface area contributed by atoms with Gasteiger partial charge in [-0.25, -0.2) is 0 Å². The molecule has 0 saturated carbocycles. The van der Waals surface area contributed by atoms with E-state index < -0.39 is 23.5 Å². The average molecular weight is 439 g/mol. The first-order valence-corrected chi connectivity index (χ1v) is 10.1. The summed E-state index contributed by atoms with van der Waals surface area (Å²) < 4.78 is 27.1. The first-order chi connectivity index (χ1) is 15.4. The molecule has 10 heteroatoms. The van der Waals surface area contributed by atoms with Crippen molar-refractivity contribution < 1.29 is 23.1 Å². The van der Waals surface area contributed by atoms with E-state index in [0.29, 0.717) is 24.1 Å². The van der Waals surface area contributed by atoms with Crippen LogP contribution in [0.15, 0.2) is 47.1 Å². The third-order valence-corrected chi connectivity index (χ3v) is 5.42. The number of rotatable bonds is 6. The number of benzene rings is 1. The summed E-state index contributed by atoms with van der Waals surface area (Å²) in [5, 5.41) is 14.3. The Bertz CT molecular complexity index is 1150. The number of amides is 1. The van der Waals surface area contributed by atoms with Crippen molar-refractivity contribution in [2.75, 3.05) is 6.54 Å². The van der Waals surface area contributed by atoms with E-state index >= 15 is 4.39 Å². The fraction of sp³-hybridized carbons (Fsp3) is 0.273. The van der Waals surface area contributed by atoms with Gasteiger partial charge in [-0.15, -0.1) is 0 Å². The minimum Gasteiger partial charge on any atom is -0.471 e. The van der Waals surface area contributed by atoms with Gasteiger partial charge in [0.1, 0.15) is 18.1 Å². The highest BCUT2D eigenvalue weighted by atomic mass is 19.1. The van der Waals surface area contributed by atoms with E-state index in [1.807, 2.05) is 6.92 Å². The number of furan rings is 1. The molecule has 1 aliphatic heterocycles. The van der Waals surface area contributed by atoms with Crippen LogP contribution >= 0.6 is 0 Å². The minimum atomic E-state index is -0.862. The number of carbonyl (C=O) groups excluding carboxylic acids is 2. The van der Waals surface area contributed by atoms with Crippen LogP contribution in [0.25, 0.3) is 0 Å². The number of piperidine rings is 1. The topological polar surface area (TPSA) is 136 Å². The molecule has 0 bridgehead atoms. The smallest absolute Gasteiger partial charge is 0.317 e. The van der Waals surface area contributed by atoms with Gasteiger partial charge in [0.05, 0.1) is 12.2 Å². The molecule has 1 aliphatic rings. The Hall–Kier alpha value is -3.95. The third-order valence-electron chi connectivity index (χ3n) is 5.42. The van der Waals surface area contributed by atoms with Crippen LogP contribution in [0.1, 0.15) is 46.6 Å². The summed E-state index contributed by atoms with van der Waals surface area (Å²) in [5.74, 6) is -3.44.